The predicted molar refractivity (Wildman–Crippen MR) is 103 cm³/mol. The van der Waals surface area contributed by atoms with E-state index in [9.17, 15) is 19.5 Å². The molecule has 4 aliphatic carbocycles. The maximum Gasteiger partial charge on any atom is 0.303 e. The van der Waals surface area contributed by atoms with Gasteiger partial charge in [-0.1, -0.05) is 25.5 Å². The lowest BCUT2D eigenvalue weighted by Gasteiger charge is -2.58. The highest BCUT2D eigenvalue weighted by atomic mass is 16.5. The average Bonchev–Trinajstić information content (AvgIpc) is 2.98. The minimum atomic E-state index is -0.476. The predicted octanol–water partition coefficient (Wildman–Crippen LogP) is 3.01. The molecular formula is C23H30O5. The summed E-state index contributed by atoms with van der Waals surface area (Å²) in [5.41, 5.74) is 0.710. The van der Waals surface area contributed by atoms with E-state index in [4.69, 9.17) is 4.74 Å². The minimum Gasteiger partial charge on any atom is -0.458 e. The molecule has 3 saturated carbocycles. The fourth-order valence-electron chi connectivity index (χ4n) is 6.97. The molecule has 0 radical (unpaired) electrons. The number of ketones is 2. The summed E-state index contributed by atoms with van der Waals surface area (Å²) >= 11 is 0. The van der Waals surface area contributed by atoms with Crippen molar-refractivity contribution in [1.82, 2.24) is 0 Å². The minimum absolute atomic E-state index is 0.00997. The summed E-state index contributed by atoms with van der Waals surface area (Å²) in [7, 11) is 0. The maximum atomic E-state index is 12.8. The Kier molecular flexibility index (Phi) is 4.65. The average molecular weight is 386 g/mol. The summed E-state index contributed by atoms with van der Waals surface area (Å²) in [5, 5.41) is 11.1. The molecule has 0 aliphatic heterocycles. The first-order valence-corrected chi connectivity index (χ1v) is 10.4. The summed E-state index contributed by atoms with van der Waals surface area (Å²) < 4.78 is 4.98. The lowest BCUT2D eigenvalue weighted by molar-refractivity contribution is -0.150. The number of allylic oxidation sites excluding steroid dienone is 3. The van der Waals surface area contributed by atoms with Crippen LogP contribution >= 0.6 is 0 Å². The molecule has 0 aromatic heterocycles. The van der Waals surface area contributed by atoms with Crippen molar-refractivity contribution in [2.45, 2.75) is 59.0 Å². The van der Waals surface area contributed by atoms with Crippen LogP contribution in [0.15, 0.2) is 23.8 Å². The molecule has 0 saturated heterocycles. The Labute approximate surface area is 166 Å². The van der Waals surface area contributed by atoms with Gasteiger partial charge in [-0.3, -0.25) is 14.4 Å². The quantitative estimate of drug-likeness (QED) is 0.754. The fraction of sp³-hybridized carbons (Fsp3) is 0.696. The van der Waals surface area contributed by atoms with Crippen molar-refractivity contribution in [2.75, 3.05) is 6.61 Å². The second kappa shape index (κ2) is 6.65. The third-order valence-electron chi connectivity index (χ3n) is 8.38. The molecule has 0 bridgehead atoms. The number of aliphatic hydroxyl groups excluding tert-OH is 1. The summed E-state index contributed by atoms with van der Waals surface area (Å²) in [6, 6.07) is 0. The Morgan fingerprint density at radius 2 is 1.96 bits per heavy atom. The fourth-order valence-corrected chi connectivity index (χ4v) is 6.97. The lowest BCUT2D eigenvalue weighted by Crippen LogP contribution is -2.55. The second-order valence-electron chi connectivity index (χ2n) is 9.67. The van der Waals surface area contributed by atoms with E-state index in [2.05, 4.69) is 19.9 Å². The van der Waals surface area contributed by atoms with Gasteiger partial charge in [0.2, 0.25) is 0 Å². The molecule has 152 valence electrons. The van der Waals surface area contributed by atoms with Crippen molar-refractivity contribution < 1.29 is 24.2 Å². The highest BCUT2D eigenvalue weighted by Gasteiger charge is 2.61. The maximum absolute atomic E-state index is 12.8. The van der Waals surface area contributed by atoms with Gasteiger partial charge in [-0.05, 0) is 67.4 Å². The molecule has 4 rings (SSSR count). The van der Waals surface area contributed by atoms with Crippen molar-refractivity contribution in [3.63, 3.8) is 0 Å². The van der Waals surface area contributed by atoms with Crippen LogP contribution in [-0.4, -0.2) is 35.4 Å². The molecule has 4 aliphatic rings. The molecule has 28 heavy (non-hydrogen) atoms. The molecule has 7 atom stereocenters. The van der Waals surface area contributed by atoms with E-state index in [0.717, 1.165) is 31.3 Å². The third-order valence-corrected chi connectivity index (χ3v) is 8.38. The number of carbonyl (C=O) groups excluding carboxylic acids is 3. The van der Waals surface area contributed by atoms with Gasteiger partial charge in [0.05, 0.1) is 6.10 Å². The van der Waals surface area contributed by atoms with Crippen LogP contribution in [0, 0.1) is 34.5 Å². The van der Waals surface area contributed by atoms with E-state index in [0.29, 0.717) is 6.42 Å². The Morgan fingerprint density at radius 1 is 1.21 bits per heavy atom. The zero-order valence-electron chi connectivity index (χ0n) is 16.9. The number of aliphatic hydroxyl groups is 1. The van der Waals surface area contributed by atoms with E-state index >= 15 is 0 Å². The topological polar surface area (TPSA) is 80.7 Å². The van der Waals surface area contributed by atoms with Crippen LogP contribution < -0.4 is 0 Å². The monoisotopic (exact) mass is 386 g/mol. The molecule has 3 fully saturated rings. The van der Waals surface area contributed by atoms with Crippen LogP contribution in [0.25, 0.3) is 0 Å². The number of Topliss-reactive ketones (excluding diaryl/α,β-unsaturated/α-hetero) is 1. The van der Waals surface area contributed by atoms with Crippen molar-refractivity contribution in [1.29, 1.82) is 0 Å². The van der Waals surface area contributed by atoms with Crippen LogP contribution in [-0.2, 0) is 19.1 Å². The Balaban J connectivity index is 1.61. The normalized spacial score (nSPS) is 44.2. The molecule has 1 unspecified atom stereocenters. The number of hydrogen-bond donors (Lipinski definition) is 1. The van der Waals surface area contributed by atoms with Gasteiger partial charge in [0, 0.05) is 18.3 Å². The van der Waals surface area contributed by atoms with Crippen LogP contribution in [0.3, 0.4) is 0 Å². The largest absolute Gasteiger partial charge is 0.458 e. The zero-order chi connectivity index (χ0) is 20.3. The highest BCUT2D eigenvalue weighted by molar-refractivity contribution is 6.01. The van der Waals surface area contributed by atoms with Crippen LogP contribution in [0.4, 0.5) is 0 Å². The van der Waals surface area contributed by atoms with Crippen molar-refractivity contribution in [2.24, 2.45) is 34.5 Å². The molecule has 0 amide bonds. The molecule has 5 nitrogen and oxygen atoms in total. The summed E-state index contributed by atoms with van der Waals surface area (Å²) in [6.07, 6.45) is 9.07. The highest BCUT2D eigenvalue weighted by Crippen LogP contribution is 2.66. The van der Waals surface area contributed by atoms with Gasteiger partial charge in [0.25, 0.3) is 0 Å². The van der Waals surface area contributed by atoms with E-state index < -0.39 is 12.1 Å². The van der Waals surface area contributed by atoms with Crippen molar-refractivity contribution in [3.05, 3.63) is 23.8 Å². The molecule has 0 aromatic rings. The molecule has 1 N–H and O–H groups in total. The molecule has 0 heterocycles. The molecular weight excluding hydrogens is 356 g/mol. The second-order valence-corrected chi connectivity index (χ2v) is 9.67. The summed E-state index contributed by atoms with van der Waals surface area (Å²) in [6.45, 7) is 5.57. The Hall–Kier alpha value is -1.75. The van der Waals surface area contributed by atoms with E-state index in [1.807, 2.05) is 0 Å². The Morgan fingerprint density at radius 3 is 2.68 bits per heavy atom. The van der Waals surface area contributed by atoms with Crippen LogP contribution in [0.1, 0.15) is 52.9 Å². The number of rotatable bonds is 3. The molecule has 5 heteroatoms. The number of carbonyl (C=O) groups is 3. The van der Waals surface area contributed by atoms with Gasteiger partial charge in [-0.25, -0.2) is 0 Å². The van der Waals surface area contributed by atoms with Gasteiger partial charge in [-0.2, -0.15) is 0 Å². The number of ether oxygens (including phenoxy) is 1. The Bertz CT molecular complexity index is 780. The molecule has 0 aromatic carbocycles. The number of hydrogen-bond acceptors (Lipinski definition) is 5. The first kappa shape index (κ1) is 19.6. The van der Waals surface area contributed by atoms with Gasteiger partial charge in [-0.15, -0.1) is 0 Å². The standard InChI is InChI=1S/C23H30O5/c1-13(24)28-12-20(27)16-4-5-17-21-18(7-9-23(16,17)3)22(2)8-6-15(25)10-14(22)11-19(21)26/h6,8,10,16-19,21,26H,4-5,7,9,11-12H2,1-3H3/t16-,17+,18+,19?,21+,22+,23-/m1/s1. The first-order chi connectivity index (χ1) is 13.2. The number of fused-ring (bicyclic) bond motifs is 5. The van der Waals surface area contributed by atoms with Gasteiger partial charge >= 0.3 is 5.97 Å². The van der Waals surface area contributed by atoms with Gasteiger partial charge in [0.15, 0.2) is 11.6 Å². The van der Waals surface area contributed by atoms with E-state index in [1.165, 1.54) is 6.92 Å². The SMILES string of the molecule is CC(=O)OCC(=O)[C@H]1CC[C@H]2[C@@H]3C(O)CC4=CC(=O)C=C[C@]4(C)[C@H]3CC[C@]12C. The summed E-state index contributed by atoms with van der Waals surface area (Å²) in [4.78, 5) is 35.8. The van der Waals surface area contributed by atoms with E-state index in [1.54, 1.807) is 12.2 Å². The van der Waals surface area contributed by atoms with Crippen molar-refractivity contribution in [3.8, 4) is 0 Å². The van der Waals surface area contributed by atoms with Crippen molar-refractivity contribution >= 4 is 17.5 Å². The first-order valence-electron chi connectivity index (χ1n) is 10.4. The number of esters is 1. The lowest BCUT2D eigenvalue weighted by atomic mass is 9.47. The van der Waals surface area contributed by atoms with Crippen LogP contribution in [0.5, 0.6) is 0 Å². The zero-order valence-corrected chi connectivity index (χ0v) is 16.9. The van der Waals surface area contributed by atoms with Gasteiger partial charge < -0.3 is 9.84 Å². The third kappa shape index (κ3) is 2.81. The van der Waals surface area contributed by atoms with Crippen LogP contribution in [0.2, 0.25) is 0 Å². The van der Waals surface area contributed by atoms with Gasteiger partial charge in [0.1, 0.15) is 6.61 Å². The van der Waals surface area contributed by atoms with E-state index in [-0.39, 0.29) is 52.7 Å². The molecule has 0 spiro atoms. The smallest absolute Gasteiger partial charge is 0.303 e. The summed E-state index contributed by atoms with van der Waals surface area (Å²) in [5.74, 6) is 0.174.